The molecule has 4 N–H and O–H groups in total. The number of nitrogens with one attached hydrogen (secondary N) is 2. The second-order valence-electron chi connectivity index (χ2n) is 4.15. The minimum atomic E-state index is 0.532. The number of nitrogens with zero attached hydrogens (tertiary/aromatic N) is 2. The number of rotatable bonds is 1. The van der Waals surface area contributed by atoms with E-state index in [0.29, 0.717) is 5.82 Å². The first kappa shape index (κ1) is 9.89. The van der Waals surface area contributed by atoms with Gasteiger partial charge in [0.25, 0.3) is 0 Å². The lowest BCUT2D eigenvalue weighted by Crippen LogP contribution is -1.84. The van der Waals surface area contributed by atoms with Crippen molar-refractivity contribution in [1.29, 1.82) is 0 Å². The topological polar surface area (TPSA) is 83.4 Å². The molecule has 5 nitrogen and oxygen atoms in total. The predicted molar refractivity (Wildman–Crippen MR) is 67.6 cm³/mol. The lowest BCUT2D eigenvalue weighted by molar-refractivity contribution is 1.13. The highest BCUT2D eigenvalue weighted by molar-refractivity contribution is 5.91. The van der Waals surface area contributed by atoms with Crippen molar-refractivity contribution in [1.82, 2.24) is 20.2 Å². The highest BCUT2D eigenvalue weighted by atomic mass is 15.1. The molecule has 5 heteroatoms. The van der Waals surface area contributed by atoms with E-state index < -0.39 is 0 Å². The van der Waals surface area contributed by atoms with Gasteiger partial charge in [-0.15, -0.1) is 0 Å². The molecule has 1 aromatic carbocycles. The second kappa shape index (κ2) is 3.35. The van der Waals surface area contributed by atoms with Crippen molar-refractivity contribution in [3.8, 4) is 11.3 Å². The van der Waals surface area contributed by atoms with E-state index in [-0.39, 0.29) is 0 Å². The van der Waals surface area contributed by atoms with Crippen LogP contribution in [0.15, 0.2) is 18.2 Å². The highest BCUT2D eigenvalue weighted by Crippen LogP contribution is 2.26. The van der Waals surface area contributed by atoms with Gasteiger partial charge in [-0.2, -0.15) is 5.10 Å². The third-order valence-corrected chi connectivity index (χ3v) is 2.88. The van der Waals surface area contributed by atoms with Crippen molar-refractivity contribution in [2.24, 2.45) is 0 Å². The summed E-state index contributed by atoms with van der Waals surface area (Å²) in [5.74, 6) is 1.45. The van der Waals surface area contributed by atoms with Crippen LogP contribution in [-0.4, -0.2) is 20.2 Å². The maximum Gasteiger partial charge on any atom is 0.153 e. The van der Waals surface area contributed by atoms with Gasteiger partial charge in [0.1, 0.15) is 5.82 Å². The van der Waals surface area contributed by atoms with Gasteiger partial charge in [-0.3, -0.25) is 5.10 Å². The van der Waals surface area contributed by atoms with Crippen molar-refractivity contribution in [3.63, 3.8) is 0 Å². The van der Waals surface area contributed by atoms with Crippen molar-refractivity contribution in [2.75, 3.05) is 5.73 Å². The SMILES string of the molecule is Cc1nc(C)c(-c2ccc3c(N)n[nH]c3c2)[nH]1. The molecule has 0 saturated heterocycles. The molecule has 0 amide bonds. The number of fused-ring (bicyclic) bond motifs is 1. The number of anilines is 1. The zero-order valence-corrected chi connectivity index (χ0v) is 9.70. The van der Waals surface area contributed by atoms with E-state index in [4.69, 9.17) is 5.73 Å². The van der Waals surface area contributed by atoms with Crippen LogP contribution in [0.3, 0.4) is 0 Å². The smallest absolute Gasteiger partial charge is 0.153 e. The Labute approximate surface area is 98.1 Å². The molecule has 0 bridgehead atoms. The standard InChI is InChI=1S/C12H13N5/c1-6-11(15-7(2)14-6)8-3-4-9-10(5-8)16-17-12(9)13/h3-5H,1-2H3,(H,14,15)(H3,13,16,17). The normalized spacial score (nSPS) is 11.2. The monoisotopic (exact) mass is 227 g/mol. The van der Waals surface area contributed by atoms with Gasteiger partial charge >= 0.3 is 0 Å². The predicted octanol–water partition coefficient (Wildman–Crippen LogP) is 2.15. The third kappa shape index (κ3) is 1.47. The molecule has 0 spiro atoms. The highest BCUT2D eigenvalue weighted by Gasteiger charge is 2.09. The first-order valence-electron chi connectivity index (χ1n) is 5.42. The van der Waals surface area contributed by atoms with Crippen LogP contribution in [0.4, 0.5) is 5.82 Å². The van der Waals surface area contributed by atoms with Crippen LogP contribution in [0.2, 0.25) is 0 Å². The number of imidazole rings is 1. The number of nitrogen functional groups attached to an aromatic ring is 1. The lowest BCUT2D eigenvalue weighted by Gasteiger charge is -1.99. The molecule has 0 unspecified atom stereocenters. The van der Waals surface area contributed by atoms with Crippen molar-refractivity contribution in [3.05, 3.63) is 29.7 Å². The van der Waals surface area contributed by atoms with E-state index in [1.807, 2.05) is 32.0 Å². The van der Waals surface area contributed by atoms with Crippen LogP contribution in [0.1, 0.15) is 11.5 Å². The number of aryl methyl sites for hydroxylation is 2. The Morgan fingerprint density at radius 1 is 1.24 bits per heavy atom. The number of aromatic nitrogens is 4. The number of aromatic amines is 2. The van der Waals surface area contributed by atoms with Gasteiger partial charge in [0.05, 0.1) is 16.9 Å². The first-order valence-corrected chi connectivity index (χ1v) is 5.42. The zero-order chi connectivity index (χ0) is 12.0. The Kier molecular flexibility index (Phi) is 1.95. The van der Waals surface area contributed by atoms with Crippen LogP contribution < -0.4 is 5.73 Å². The quantitative estimate of drug-likeness (QED) is 0.595. The van der Waals surface area contributed by atoms with Crippen LogP contribution in [0, 0.1) is 13.8 Å². The molecule has 2 heterocycles. The molecular weight excluding hydrogens is 214 g/mol. The summed E-state index contributed by atoms with van der Waals surface area (Å²) in [6.07, 6.45) is 0. The third-order valence-electron chi connectivity index (χ3n) is 2.88. The Balaban J connectivity index is 2.21. The summed E-state index contributed by atoms with van der Waals surface area (Å²) in [4.78, 5) is 7.62. The van der Waals surface area contributed by atoms with E-state index >= 15 is 0 Å². The van der Waals surface area contributed by atoms with E-state index in [1.54, 1.807) is 0 Å². The van der Waals surface area contributed by atoms with Crippen LogP contribution in [0.25, 0.3) is 22.2 Å². The van der Waals surface area contributed by atoms with Crippen molar-refractivity contribution in [2.45, 2.75) is 13.8 Å². The van der Waals surface area contributed by atoms with E-state index in [0.717, 1.165) is 33.7 Å². The molecule has 0 aliphatic rings. The summed E-state index contributed by atoms with van der Waals surface area (Å²) < 4.78 is 0. The molecule has 0 radical (unpaired) electrons. The molecule has 3 aromatic rings. The summed E-state index contributed by atoms with van der Waals surface area (Å²) in [7, 11) is 0. The molecule has 0 saturated carbocycles. The Morgan fingerprint density at radius 3 is 2.76 bits per heavy atom. The van der Waals surface area contributed by atoms with Crippen LogP contribution in [0.5, 0.6) is 0 Å². The summed E-state index contributed by atoms with van der Waals surface area (Å²) in [6, 6.07) is 6.02. The second-order valence-corrected chi connectivity index (χ2v) is 4.15. The van der Waals surface area contributed by atoms with Gasteiger partial charge < -0.3 is 10.7 Å². The average Bonchev–Trinajstić information content (AvgIpc) is 2.82. The maximum atomic E-state index is 5.74. The molecule has 3 rings (SSSR count). The number of hydrogen-bond acceptors (Lipinski definition) is 3. The number of H-pyrrole nitrogens is 2. The fourth-order valence-corrected chi connectivity index (χ4v) is 2.08. The van der Waals surface area contributed by atoms with E-state index in [2.05, 4.69) is 20.2 Å². The van der Waals surface area contributed by atoms with Gasteiger partial charge in [0, 0.05) is 10.9 Å². The molecular formula is C12H13N5. The van der Waals surface area contributed by atoms with Gasteiger partial charge in [-0.05, 0) is 26.0 Å². The molecule has 0 aliphatic carbocycles. The fourth-order valence-electron chi connectivity index (χ4n) is 2.08. The Hall–Kier alpha value is -2.30. The zero-order valence-electron chi connectivity index (χ0n) is 9.70. The number of hydrogen-bond donors (Lipinski definition) is 3. The van der Waals surface area contributed by atoms with Crippen LogP contribution >= 0.6 is 0 Å². The van der Waals surface area contributed by atoms with E-state index in [1.165, 1.54) is 0 Å². The first-order chi connectivity index (χ1) is 8.15. The van der Waals surface area contributed by atoms with Gasteiger partial charge in [0.2, 0.25) is 0 Å². The summed E-state index contributed by atoms with van der Waals surface area (Å²) in [6.45, 7) is 3.94. The fraction of sp³-hybridized carbons (Fsp3) is 0.167. The average molecular weight is 227 g/mol. The van der Waals surface area contributed by atoms with E-state index in [9.17, 15) is 0 Å². The largest absolute Gasteiger partial charge is 0.382 e. The number of nitrogens with two attached hydrogens (primary N) is 1. The molecule has 0 fully saturated rings. The van der Waals surface area contributed by atoms with Crippen molar-refractivity contribution < 1.29 is 0 Å². The van der Waals surface area contributed by atoms with Crippen LogP contribution in [-0.2, 0) is 0 Å². The van der Waals surface area contributed by atoms with Crippen molar-refractivity contribution >= 4 is 16.7 Å². The number of benzene rings is 1. The minimum absolute atomic E-state index is 0.532. The van der Waals surface area contributed by atoms with Gasteiger partial charge in [-0.25, -0.2) is 4.98 Å². The summed E-state index contributed by atoms with van der Waals surface area (Å²) in [5.41, 5.74) is 9.79. The molecule has 17 heavy (non-hydrogen) atoms. The molecule has 86 valence electrons. The Morgan fingerprint density at radius 2 is 2.06 bits per heavy atom. The molecule has 0 aliphatic heterocycles. The summed E-state index contributed by atoms with van der Waals surface area (Å²) in [5, 5.41) is 7.85. The summed E-state index contributed by atoms with van der Waals surface area (Å²) >= 11 is 0. The molecule has 2 aromatic heterocycles. The van der Waals surface area contributed by atoms with Gasteiger partial charge in [0.15, 0.2) is 5.82 Å². The lowest BCUT2D eigenvalue weighted by atomic mass is 10.1. The van der Waals surface area contributed by atoms with Gasteiger partial charge in [-0.1, -0.05) is 6.07 Å². The Bertz CT molecular complexity index is 692. The maximum absolute atomic E-state index is 5.74. The molecule has 0 atom stereocenters. The minimum Gasteiger partial charge on any atom is -0.382 e.